The van der Waals surface area contributed by atoms with E-state index < -0.39 is 0 Å². The van der Waals surface area contributed by atoms with E-state index >= 15 is 0 Å². The number of nitrogens with zero attached hydrogens (tertiary/aromatic N) is 1. The molecule has 0 bridgehead atoms. The van der Waals surface area contributed by atoms with E-state index in [0.29, 0.717) is 12.5 Å². The van der Waals surface area contributed by atoms with Crippen LogP contribution in [0.3, 0.4) is 0 Å². The number of hydrogen-bond acceptors (Lipinski definition) is 3. The Hall–Kier alpha value is -1.55. The van der Waals surface area contributed by atoms with Crippen molar-refractivity contribution in [3.63, 3.8) is 0 Å². The molecule has 0 radical (unpaired) electrons. The van der Waals surface area contributed by atoms with Crippen molar-refractivity contribution < 1.29 is 9.53 Å². The van der Waals surface area contributed by atoms with E-state index in [0.717, 1.165) is 31.7 Å². The van der Waals surface area contributed by atoms with Crippen LogP contribution in [-0.4, -0.2) is 37.0 Å². The molecule has 1 aliphatic rings. The molecule has 98 valence electrons. The molecule has 1 aromatic carbocycles. The average molecular weight is 248 g/mol. The van der Waals surface area contributed by atoms with Gasteiger partial charge in [-0.3, -0.25) is 4.79 Å². The second-order valence-electron chi connectivity index (χ2n) is 4.67. The van der Waals surface area contributed by atoms with Gasteiger partial charge >= 0.3 is 0 Å². The number of amides is 1. The Morgan fingerprint density at radius 1 is 1.39 bits per heavy atom. The van der Waals surface area contributed by atoms with Crippen molar-refractivity contribution in [2.75, 3.05) is 26.2 Å². The molecule has 0 aliphatic carbocycles. The topological polar surface area (TPSA) is 55.6 Å². The zero-order valence-corrected chi connectivity index (χ0v) is 10.5. The maximum absolute atomic E-state index is 11.9. The first-order valence-corrected chi connectivity index (χ1v) is 6.45. The van der Waals surface area contributed by atoms with Gasteiger partial charge in [-0.15, -0.1) is 0 Å². The molecular formula is C14H20N2O2. The minimum absolute atomic E-state index is 0.0679. The third-order valence-corrected chi connectivity index (χ3v) is 3.32. The van der Waals surface area contributed by atoms with Crippen LogP contribution in [0.2, 0.25) is 0 Å². The summed E-state index contributed by atoms with van der Waals surface area (Å²) in [5.74, 6) is 1.37. The van der Waals surface area contributed by atoms with Gasteiger partial charge in [-0.25, -0.2) is 0 Å². The zero-order valence-electron chi connectivity index (χ0n) is 10.5. The fourth-order valence-electron chi connectivity index (χ4n) is 2.28. The van der Waals surface area contributed by atoms with Gasteiger partial charge in [-0.2, -0.15) is 0 Å². The summed E-state index contributed by atoms with van der Waals surface area (Å²) >= 11 is 0. The molecule has 4 nitrogen and oxygen atoms in total. The Morgan fingerprint density at radius 2 is 2.17 bits per heavy atom. The fraction of sp³-hybridized carbons (Fsp3) is 0.500. The molecule has 0 saturated carbocycles. The van der Waals surface area contributed by atoms with Crippen LogP contribution < -0.4 is 10.5 Å². The van der Waals surface area contributed by atoms with Crippen LogP contribution in [0.4, 0.5) is 0 Å². The summed E-state index contributed by atoms with van der Waals surface area (Å²) in [6, 6.07) is 9.43. The van der Waals surface area contributed by atoms with Gasteiger partial charge in [0.15, 0.2) is 6.61 Å². The SMILES string of the molecule is NCCC1CCN(C(=O)COc2ccccc2)C1. The van der Waals surface area contributed by atoms with Gasteiger partial charge in [0.2, 0.25) is 0 Å². The maximum Gasteiger partial charge on any atom is 0.260 e. The Kier molecular flexibility index (Phi) is 4.59. The molecule has 2 N–H and O–H groups in total. The molecule has 0 aromatic heterocycles. The van der Waals surface area contributed by atoms with E-state index in [4.69, 9.17) is 10.5 Å². The van der Waals surface area contributed by atoms with Crippen molar-refractivity contribution in [1.82, 2.24) is 4.90 Å². The minimum Gasteiger partial charge on any atom is -0.484 e. The molecule has 1 heterocycles. The first kappa shape index (κ1) is 12.9. The molecule has 1 fully saturated rings. The highest BCUT2D eigenvalue weighted by Gasteiger charge is 2.25. The summed E-state index contributed by atoms with van der Waals surface area (Å²) in [7, 11) is 0. The predicted octanol–water partition coefficient (Wildman–Crippen LogP) is 1.26. The van der Waals surface area contributed by atoms with Crippen molar-refractivity contribution in [2.45, 2.75) is 12.8 Å². The normalized spacial score (nSPS) is 18.9. The van der Waals surface area contributed by atoms with E-state index in [1.165, 1.54) is 0 Å². The summed E-state index contributed by atoms with van der Waals surface area (Å²) in [5.41, 5.74) is 5.54. The number of carbonyl (C=O) groups is 1. The highest BCUT2D eigenvalue weighted by atomic mass is 16.5. The van der Waals surface area contributed by atoms with Gasteiger partial charge in [0.25, 0.3) is 5.91 Å². The smallest absolute Gasteiger partial charge is 0.260 e. The lowest BCUT2D eigenvalue weighted by atomic mass is 10.1. The number of rotatable bonds is 5. The number of para-hydroxylation sites is 1. The van der Waals surface area contributed by atoms with Crippen LogP contribution in [-0.2, 0) is 4.79 Å². The van der Waals surface area contributed by atoms with Crippen molar-refractivity contribution in [1.29, 1.82) is 0 Å². The Bertz CT molecular complexity index is 381. The van der Waals surface area contributed by atoms with Gasteiger partial charge < -0.3 is 15.4 Å². The Morgan fingerprint density at radius 3 is 2.89 bits per heavy atom. The van der Waals surface area contributed by atoms with E-state index in [9.17, 15) is 4.79 Å². The van der Waals surface area contributed by atoms with Gasteiger partial charge in [0, 0.05) is 13.1 Å². The monoisotopic (exact) mass is 248 g/mol. The largest absolute Gasteiger partial charge is 0.484 e. The molecule has 1 saturated heterocycles. The highest BCUT2D eigenvalue weighted by molar-refractivity contribution is 5.78. The van der Waals surface area contributed by atoms with Gasteiger partial charge in [0.05, 0.1) is 0 Å². The Labute approximate surface area is 108 Å². The van der Waals surface area contributed by atoms with Crippen molar-refractivity contribution >= 4 is 5.91 Å². The number of carbonyl (C=O) groups excluding carboxylic acids is 1. The summed E-state index contributed by atoms with van der Waals surface area (Å²) in [4.78, 5) is 13.8. The molecule has 0 spiro atoms. The van der Waals surface area contributed by atoms with Crippen LogP contribution in [0.5, 0.6) is 5.75 Å². The molecule has 18 heavy (non-hydrogen) atoms. The minimum atomic E-state index is 0.0679. The van der Waals surface area contributed by atoms with Crippen molar-refractivity contribution in [3.05, 3.63) is 30.3 Å². The van der Waals surface area contributed by atoms with Crippen LogP contribution in [0.15, 0.2) is 30.3 Å². The van der Waals surface area contributed by atoms with Crippen molar-refractivity contribution in [3.8, 4) is 5.75 Å². The van der Waals surface area contributed by atoms with E-state index in [1.54, 1.807) is 0 Å². The van der Waals surface area contributed by atoms with Gasteiger partial charge in [-0.05, 0) is 37.4 Å². The summed E-state index contributed by atoms with van der Waals surface area (Å²) in [6.07, 6.45) is 2.07. The average Bonchev–Trinajstić information content (AvgIpc) is 2.86. The summed E-state index contributed by atoms with van der Waals surface area (Å²) in [6.45, 7) is 2.49. The summed E-state index contributed by atoms with van der Waals surface area (Å²) in [5, 5.41) is 0. The number of benzene rings is 1. The quantitative estimate of drug-likeness (QED) is 0.853. The Balaban J connectivity index is 1.76. The molecular weight excluding hydrogens is 228 g/mol. The van der Waals surface area contributed by atoms with Gasteiger partial charge in [0.1, 0.15) is 5.75 Å². The molecule has 1 unspecified atom stereocenters. The lowest BCUT2D eigenvalue weighted by Gasteiger charge is -2.16. The summed E-state index contributed by atoms with van der Waals surface area (Å²) < 4.78 is 5.46. The third-order valence-electron chi connectivity index (χ3n) is 3.32. The number of likely N-dealkylation sites (tertiary alicyclic amines) is 1. The molecule has 2 rings (SSSR count). The maximum atomic E-state index is 11.9. The second-order valence-corrected chi connectivity index (χ2v) is 4.67. The molecule has 1 aliphatic heterocycles. The number of nitrogens with two attached hydrogens (primary N) is 1. The number of ether oxygens (including phenoxy) is 1. The lowest BCUT2D eigenvalue weighted by Crippen LogP contribution is -2.33. The molecule has 1 amide bonds. The first-order valence-electron chi connectivity index (χ1n) is 6.45. The standard InChI is InChI=1S/C14H20N2O2/c15-8-6-12-7-9-16(10-12)14(17)11-18-13-4-2-1-3-5-13/h1-5,12H,6-11,15H2. The van der Waals surface area contributed by atoms with Gasteiger partial charge in [-0.1, -0.05) is 18.2 Å². The van der Waals surface area contributed by atoms with Crippen LogP contribution in [0.25, 0.3) is 0 Å². The lowest BCUT2D eigenvalue weighted by molar-refractivity contribution is -0.132. The number of hydrogen-bond donors (Lipinski definition) is 1. The second kappa shape index (κ2) is 6.40. The molecule has 1 atom stereocenters. The predicted molar refractivity (Wildman–Crippen MR) is 70.3 cm³/mol. The highest BCUT2D eigenvalue weighted by Crippen LogP contribution is 2.19. The van der Waals surface area contributed by atoms with E-state index in [2.05, 4.69) is 0 Å². The van der Waals surface area contributed by atoms with E-state index in [-0.39, 0.29) is 12.5 Å². The van der Waals surface area contributed by atoms with Crippen LogP contribution in [0, 0.1) is 5.92 Å². The fourth-order valence-corrected chi connectivity index (χ4v) is 2.28. The first-order chi connectivity index (χ1) is 8.79. The third kappa shape index (κ3) is 3.47. The molecule has 4 heteroatoms. The zero-order chi connectivity index (χ0) is 12.8. The van der Waals surface area contributed by atoms with Crippen LogP contribution >= 0.6 is 0 Å². The van der Waals surface area contributed by atoms with Crippen LogP contribution in [0.1, 0.15) is 12.8 Å². The van der Waals surface area contributed by atoms with Crippen molar-refractivity contribution in [2.24, 2.45) is 11.7 Å². The molecule has 1 aromatic rings. The van der Waals surface area contributed by atoms with E-state index in [1.807, 2.05) is 35.2 Å².